The number of carbonyl (C=O) groups is 1. The Morgan fingerprint density at radius 2 is 2.08 bits per heavy atom. The van der Waals surface area contributed by atoms with Crippen LogP contribution in [0.3, 0.4) is 0 Å². The van der Waals surface area contributed by atoms with Crippen LogP contribution in [0.2, 0.25) is 5.02 Å². The first kappa shape index (κ1) is 19.3. The van der Waals surface area contributed by atoms with Crippen LogP contribution < -0.4 is 0 Å². The van der Waals surface area contributed by atoms with Crippen LogP contribution in [-0.4, -0.2) is 43.2 Å². The molecule has 0 aliphatic heterocycles. The average Bonchev–Trinajstić information content (AvgIpc) is 3.00. The Labute approximate surface area is 149 Å². The third kappa shape index (κ3) is 4.15. The number of hydrogen-bond donors (Lipinski definition) is 0. The number of esters is 1. The Balaban J connectivity index is 2.28. The summed E-state index contributed by atoms with van der Waals surface area (Å²) in [7, 11) is -1.63. The van der Waals surface area contributed by atoms with Crippen molar-refractivity contribution in [2.45, 2.75) is 24.8 Å². The van der Waals surface area contributed by atoms with E-state index in [0.717, 1.165) is 6.07 Å². The van der Waals surface area contributed by atoms with Crippen LogP contribution in [0.4, 0.5) is 0 Å². The van der Waals surface area contributed by atoms with Crippen molar-refractivity contribution in [2.24, 2.45) is 0 Å². The second-order valence-corrected chi connectivity index (χ2v) is 7.28. The maximum atomic E-state index is 12.3. The van der Waals surface area contributed by atoms with E-state index in [1.165, 1.54) is 26.3 Å². The van der Waals surface area contributed by atoms with E-state index in [9.17, 15) is 13.2 Å². The molecule has 11 heteroatoms. The summed E-state index contributed by atoms with van der Waals surface area (Å²) in [5.41, 5.74) is -0.00411. The van der Waals surface area contributed by atoms with Gasteiger partial charge in [0, 0.05) is 7.05 Å². The summed E-state index contributed by atoms with van der Waals surface area (Å²) in [4.78, 5) is 20.6. The Kier molecular flexibility index (Phi) is 5.78. The molecule has 136 valence electrons. The van der Waals surface area contributed by atoms with Crippen LogP contribution in [-0.2, 0) is 19.6 Å². The standard InChI is InChI=1S/C14H16ClN3O6S/c1-8(13-16-9(2)17-24-13)23-14(19)10-5-6-11(15)12(7-10)25(20,21)18(3)22-4/h5-8H,1-4H3. The zero-order valence-electron chi connectivity index (χ0n) is 13.9. The molecule has 0 amide bonds. The molecule has 0 N–H and O–H groups in total. The van der Waals surface area contributed by atoms with Crippen molar-refractivity contribution < 1.29 is 27.3 Å². The maximum absolute atomic E-state index is 12.3. The maximum Gasteiger partial charge on any atom is 0.338 e. The van der Waals surface area contributed by atoms with Gasteiger partial charge in [0.1, 0.15) is 4.90 Å². The van der Waals surface area contributed by atoms with Crippen molar-refractivity contribution in [1.82, 2.24) is 14.6 Å². The van der Waals surface area contributed by atoms with E-state index in [0.29, 0.717) is 10.3 Å². The molecule has 1 aromatic heterocycles. The Morgan fingerprint density at radius 1 is 1.40 bits per heavy atom. The predicted molar refractivity (Wildman–Crippen MR) is 86.3 cm³/mol. The number of sulfonamides is 1. The zero-order chi connectivity index (χ0) is 18.8. The number of halogens is 1. The summed E-state index contributed by atoms with van der Waals surface area (Å²) in [6, 6.07) is 3.75. The molecule has 0 spiro atoms. The van der Waals surface area contributed by atoms with E-state index in [-0.39, 0.29) is 21.4 Å². The van der Waals surface area contributed by atoms with Gasteiger partial charge >= 0.3 is 5.97 Å². The molecule has 1 aromatic carbocycles. The molecule has 0 aliphatic carbocycles. The van der Waals surface area contributed by atoms with Crippen molar-refractivity contribution >= 4 is 27.6 Å². The molecule has 0 saturated carbocycles. The van der Waals surface area contributed by atoms with E-state index in [2.05, 4.69) is 10.1 Å². The molecule has 1 unspecified atom stereocenters. The minimum absolute atomic E-state index is 0.00411. The molecule has 9 nitrogen and oxygen atoms in total. The van der Waals surface area contributed by atoms with Crippen molar-refractivity contribution in [2.75, 3.05) is 14.2 Å². The van der Waals surface area contributed by atoms with Crippen LogP contribution >= 0.6 is 11.6 Å². The third-order valence-electron chi connectivity index (χ3n) is 3.22. The van der Waals surface area contributed by atoms with E-state index in [1.54, 1.807) is 13.8 Å². The van der Waals surface area contributed by atoms with Gasteiger partial charge in [-0.25, -0.2) is 13.2 Å². The van der Waals surface area contributed by atoms with Crippen LogP contribution in [0.25, 0.3) is 0 Å². The molecular formula is C14H16ClN3O6S. The van der Waals surface area contributed by atoms with Gasteiger partial charge in [0.2, 0.25) is 0 Å². The summed E-state index contributed by atoms with van der Waals surface area (Å²) in [6.07, 6.45) is -0.800. The number of aromatic nitrogens is 2. The van der Waals surface area contributed by atoms with Gasteiger partial charge in [-0.05, 0) is 32.0 Å². The number of ether oxygens (including phenoxy) is 1. The Morgan fingerprint density at radius 3 is 2.64 bits per heavy atom. The van der Waals surface area contributed by atoms with Crippen LogP contribution in [0.1, 0.15) is 35.1 Å². The van der Waals surface area contributed by atoms with Gasteiger partial charge < -0.3 is 9.26 Å². The van der Waals surface area contributed by atoms with E-state index >= 15 is 0 Å². The number of hydroxylamine groups is 1. The minimum atomic E-state index is -4.02. The van der Waals surface area contributed by atoms with Gasteiger partial charge in [-0.1, -0.05) is 21.2 Å². The van der Waals surface area contributed by atoms with Crippen LogP contribution in [0, 0.1) is 6.92 Å². The first-order valence-corrected chi connectivity index (χ1v) is 8.82. The van der Waals surface area contributed by atoms with E-state index < -0.39 is 22.1 Å². The number of rotatable bonds is 6. The number of benzene rings is 1. The lowest BCUT2D eigenvalue weighted by Gasteiger charge is -2.16. The SMILES string of the molecule is CON(C)S(=O)(=O)c1cc(C(=O)OC(C)c2nc(C)no2)ccc1Cl. The second kappa shape index (κ2) is 7.48. The summed E-state index contributed by atoms with van der Waals surface area (Å²) in [6.45, 7) is 3.18. The quantitative estimate of drug-likeness (QED) is 0.545. The van der Waals surface area contributed by atoms with Gasteiger partial charge in [0.15, 0.2) is 11.9 Å². The van der Waals surface area contributed by atoms with Gasteiger partial charge in [0.05, 0.1) is 17.7 Å². The summed E-state index contributed by atoms with van der Waals surface area (Å²) in [5, 5.41) is 3.56. The van der Waals surface area contributed by atoms with Crippen molar-refractivity contribution in [3.8, 4) is 0 Å². The van der Waals surface area contributed by atoms with Crippen LogP contribution in [0.5, 0.6) is 0 Å². The van der Waals surface area contributed by atoms with Gasteiger partial charge in [-0.15, -0.1) is 0 Å². The summed E-state index contributed by atoms with van der Waals surface area (Å²) < 4.78 is 35.4. The molecular weight excluding hydrogens is 374 g/mol. The Bertz CT molecular complexity index is 882. The molecule has 1 heterocycles. The lowest BCUT2D eigenvalue weighted by atomic mass is 10.2. The monoisotopic (exact) mass is 389 g/mol. The lowest BCUT2D eigenvalue weighted by molar-refractivity contribution is -0.0258. The molecule has 0 aliphatic rings. The third-order valence-corrected chi connectivity index (χ3v) is 5.38. The topological polar surface area (TPSA) is 112 Å². The molecule has 0 bridgehead atoms. The summed E-state index contributed by atoms with van der Waals surface area (Å²) in [5.74, 6) is -0.233. The normalized spacial score (nSPS) is 13.0. The molecule has 25 heavy (non-hydrogen) atoms. The van der Waals surface area contributed by atoms with Gasteiger partial charge in [-0.2, -0.15) is 4.98 Å². The van der Waals surface area contributed by atoms with Crippen molar-refractivity contribution in [3.63, 3.8) is 0 Å². The number of aryl methyl sites for hydroxylation is 1. The summed E-state index contributed by atoms with van der Waals surface area (Å²) >= 11 is 5.94. The average molecular weight is 390 g/mol. The highest BCUT2D eigenvalue weighted by Gasteiger charge is 2.26. The predicted octanol–water partition coefficient (Wildman–Crippen LogP) is 2.13. The van der Waals surface area contributed by atoms with E-state index in [1.807, 2.05) is 0 Å². The van der Waals surface area contributed by atoms with Gasteiger partial charge in [-0.3, -0.25) is 4.84 Å². The fourth-order valence-corrected chi connectivity index (χ4v) is 3.30. The largest absolute Gasteiger partial charge is 0.449 e. The molecule has 0 fully saturated rings. The minimum Gasteiger partial charge on any atom is -0.449 e. The lowest BCUT2D eigenvalue weighted by Crippen LogP contribution is -2.26. The molecule has 0 saturated heterocycles. The molecule has 1 atom stereocenters. The highest BCUT2D eigenvalue weighted by atomic mass is 35.5. The zero-order valence-corrected chi connectivity index (χ0v) is 15.5. The highest BCUT2D eigenvalue weighted by molar-refractivity contribution is 7.89. The highest BCUT2D eigenvalue weighted by Crippen LogP contribution is 2.26. The number of hydrogen-bond acceptors (Lipinski definition) is 8. The second-order valence-electron chi connectivity index (χ2n) is 4.97. The fraction of sp³-hybridized carbons (Fsp3) is 0.357. The van der Waals surface area contributed by atoms with Crippen molar-refractivity contribution in [3.05, 3.63) is 40.5 Å². The fourth-order valence-electron chi connectivity index (χ4n) is 1.82. The molecule has 2 rings (SSSR count). The first-order chi connectivity index (χ1) is 11.7. The smallest absolute Gasteiger partial charge is 0.338 e. The van der Waals surface area contributed by atoms with Crippen molar-refractivity contribution in [1.29, 1.82) is 0 Å². The molecule has 2 aromatic rings. The first-order valence-electron chi connectivity index (χ1n) is 7.00. The Hall–Kier alpha value is -2.01. The number of carbonyl (C=O) groups excluding carboxylic acids is 1. The van der Waals surface area contributed by atoms with E-state index in [4.69, 9.17) is 25.7 Å². The molecule has 0 radical (unpaired) electrons. The van der Waals surface area contributed by atoms with Gasteiger partial charge in [0.25, 0.3) is 15.9 Å². The number of nitrogens with zero attached hydrogens (tertiary/aromatic N) is 3. The van der Waals surface area contributed by atoms with Crippen LogP contribution in [0.15, 0.2) is 27.6 Å².